The van der Waals surface area contributed by atoms with Crippen molar-refractivity contribution >= 4 is 12.1 Å². The van der Waals surface area contributed by atoms with Gasteiger partial charge in [-0.1, -0.05) is 13.8 Å². The molecule has 1 aromatic heterocycles. The van der Waals surface area contributed by atoms with Crippen LogP contribution in [0, 0.1) is 5.92 Å². The maximum Gasteiger partial charge on any atom is 0.407 e. The van der Waals surface area contributed by atoms with Crippen LogP contribution in [0.25, 0.3) is 0 Å². The van der Waals surface area contributed by atoms with E-state index < -0.39 is 12.1 Å². The van der Waals surface area contributed by atoms with Gasteiger partial charge in [-0.2, -0.15) is 0 Å². The van der Waals surface area contributed by atoms with E-state index in [0.29, 0.717) is 12.4 Å². The Labute approximate surface area is 98.6 Å². The summed E-state index contributed by atoms with van der Waals surface area (Å²) in [5.41, 5.74) is 0. The van der Waals surface area contributed by atoms with Crippen molar-refractivity contribution in [1.82, 2.24) is 5.32 Å². The number of hydrogen-bond donors (Lipinski definition) is 2. The molecule has 0 aromatic carbocycles. The second-order valence-corrected chi connectivity index (χ2v) is 3.92. The Balaban J connectivity index is 2.34. The predicted octanol–water partition coefficient (Wildman–Crippen LogP) is 1.86. The van der Waals surface area contributed by atoms with E-state index in [1.54, 1.807) is 0 Å². The number of furan rings is 1. The Morgan fingerprint density at radius 2 is 2.18 bits per heavy atom. The number of hydrogen-bond acceptors (Lipinski definition) is 4. The summed E-state index contributed by atoms with van der Waals surface area (Å²) in [7, 11) is 0. The molecule has 0 saturated carbocycles. The van der Waals surface area contributed by atoms with Gasteiger partial charge in [-0.25, -0.2) is 9.59 Å². The quantitative estimate of drug-likeness (QED) is 0.821. The van der Waals surface area contributed by atoms with Gasteiger partial charge < -0.3 is 19.6 Å². The van der Waals surface area contributed by atoms with E-state index in [0.717, 1.165) is 0 Å². The van der Waals surface area contributed by atoms with E-state index in [1.807, 2.05) is 13.8 Å². The molecule has 0 aliphatic heterocycles. The Bertz CT molecular complexity index is 396. The molecule has 6 nitrogen and oxygen atoms in total. The van der Waals surface area contributed by atoms with Crippen LogP contribution >= 0.6 is 0 Å². The maximum atomic E-state index is 11.2. The fourth-order valence-electron chi connectivity index (χ4n) is 1.04. The van der Waals surface area contributed by atoms with Gasteiger partial charge in [0.05, 0.1) is 13.2 Å². The van der Waals surface area contributed by atoms with Crippen LogP contribution in [-0.4, -0.2) is 23.8 Å². The molecular weight excluding hydrogens is 226 g/mol. The molecule has 94 valence electrons. The van der Waals surface area contributed by atoms with Gasteiger partial charge in [-0.3, -0.25) is 0 Å². The summed E-state index contributed by atoms with van der Waals surface area (Å²) in [6, 6.07) is 2.82. The predicted molar refractivity (Wildman–Crippen MR) is 58.7 cm³/mol. The van der Waals surface area contributed by atoms with Crippen molar-refractivity contribution in [3.8, 4) is 0 Å². The van der Waals surface area contributed by atoms with Crippen molar-refractivity contribution in [2.75, 3.05) is 6.61 Å². The lowest BCUT2D eigenvalue weighted by Gasteiger charge is -2.07. The van der Waals surface area contributed by atoms with Crippen LogP contribution in [-0.2, 0) is 11.3 Å². The van der Waals surface area contributed by atoms with Gasteiger partial charge in [0.15, 0.2) is 0 Å². The molecule has 1 heterocycles. The fourth-order valence-corrected chi connectivity index (χ4v) is 1.04. The number of nitrogens with one attached hydrogen (secondary N) is 1. The number of carbonyl (C=O) groups excluding carboxylic acids is 1. The number of aromatic carboxylic acids is 1. The molecule has 0 saturated heterocycles. The van der Waals surface area contributed by atoms with Crippen molar-refractivity contribution in [3.05, 3.63) is 23.7 Å². The third kappa shape index (κ3) is 4.58. The molecule has 0 fully saturated rings. The molecule has 0 aliphatic rings. The number of carboxylic acids is 1. The zero-order valence-electron chi connectivity index (χ0n) is 9.73. The lowest BCUT2D eigenvalue weighted by atomic mass is 10.2. The molecule has 0 spiro atoms. The van der Waals surface area contributed by atoms with Gasteiger partial charge in [-0.15, -0.1) is 0 Å². The number of alkyl carbamates (subject to hydrolysis) is 1. The molecule has 1 amide bonds. The lowest BCUT2D eigenvalue weighted by Crippen LogP contribution is -2.25. The first-order valence-electron chi connectivity index (χ1n) is 5.21. The monoisotopic (exact) mass is 241 g/mol. The van der Waals surface area contributed by atoms with Crippen LogP contribution in [0.5, 0.6) is 0 Å². The summed E-state index contributed by atoms with van der Waals surface area (Å²) < 4.78 is 9.82. The van der Waals surface area contributed by atoms with Crippen LogP contribution in [0.1, 0.15) is 30.2 Å². The molecule has 0 unspecified atom stereocenters. The highest BCUT2D eigenvalue weighted by Gasteiger charge is 2.10. The molecule has 2 N–H and O–H groups in total. The molecule has 1 aromatic rings. The smallest absolute Gasteiger partial charge is 0.407 e. The van der Waals surface area contributed by atoms with Crippen molar-refractivity contribution in [2.24, 2.45) is 5.92 Å². The van der Waals surface area contributed by atoms with E-state index in [-0.39, 0.29) is 18.2 Å². The van der Waals surface area contributed by atoms with Crippen molar-refractivity contribution in [2.45, 2.75) is 20.4 Å². The zero-order chi connectivity index (χ0) is 12.8. The highest BCUT2D eigenvalue weighted by atomic mass is 16.5. The lowest BCUT2D eigenvalue weighted by molar-refractivity contribution is 0.0660. The molecule has 1 rings (SSSR count). The standard InChI is InChI=1S/C11H15NO5/c1-7(2)6-16-11(15)12-5-8-3-4-9(17-8)10(13)14/h3-4,7H,5-6H2,1-2H3,(H,12,15)(H,13,14). The molecule has 6 heteroatoms. The largest absolute Gasteiger partial charge is 0.475 e. The number of ether oxygens (including phenoxy) is 1. The molecule has 0 atom stereocenters. The highest BCUT2D eigenvalue weighted by molar-refractivity contribution is 5.84. The van der Waals surface area contributed by atoms with Gasteiger partial charge in [0.1, 0.15) is 5.76 Å². The maximum absolute atomic E-state index is 11.2. The summed E-state index contributed by atoms with van der Waals surface area (Å²) in [6.45, 7) is 4.30. The summed E-state index contributed by atoms with van der Waals surface area (Å²) >= 11 is 0. The topological polar surface area (TPSA) is 88.8 Å². The third-order valence-electron chi connectivity index (χ3n) is 1.83. The van der Waals surface area contributed by atoms with Crippen LogP contribution in [0.4, 0.5) is 4.79 Å². The van der Waals surface area contributed by atoms with Crippen molar-refractivity contribution in [1.29, 1.82) is 0 Å². The van der Waals surface area contributed by atoms with Crippen molar-refractivity contribution in [3.63, 3.8) is 0 Å². The molecule has 0 aliphatic carbocycles. The first-order valence-corrected chi connectivity index (χ1v) is 5.21. The van der Waals surface area contributed by atoms with Gasteiger partial charge in [-0.05, 0) is 18.1 Å². The molecule has 17 heavy (non-hydrogen) atoms. The van der Waals surface area contributed by atoms with E-state index in [4.69, 9.17) is 14.3 Å². The second kappa shape index (κ2) is 5.93. The zero-order valence-corrected chi connectivity index (χ0v) is 9.73. The van der Waals surface area contributed by atoms with Gasteiger partial charge >= 0.3 is 12.1 Å². The van der Waals surface area contributed by atoms with Crippen LogP contribution in [0.3, 0.4) is 0 Å². The minimum absolute atomic E-state index is 0.101. The Morgan fingerprint density at radius 1 is 1.47 bits per heavy atom. The minimum Gasteiger partial charge on any atom is -0.475 e. The van der Waals surface area contributed by atoms with Gasteiger partial charge in [0.2, 0.25) is 5.76 Å². The Kier molecular flexibility index (Phi) is 4.56. The van der Waals surface area contributed by atoms with Crippen LogP contribution < -0.4 is 5.32 Å². The summed E-state index contributed by atoms with van der Waals surface area (Å²) in [5, 5.41) is 11.1. The number of carboxylic acid groups (broad SMARTS) is 1. The summed E-state index contributed by atoms with van der Waals surface area (Å²) in [5.74, 6) is -0.664. The highest BCUT2D eigenvalue weighted by Crippen LogP contribution is 2.07. The summed E-state index contributed by atoms with van der Waals surface area (Å²) in [6.07, 6.45) is -0.549. The first kappa shape index (κ1) is 13.1. The average Bonchev–Trinajstić information content (AvgIpc) is 2.72. The Hall–Kier alpha value is -1.98. The Morgan fingerprint density at radius 3 is 2.71 bits per heavy atom. The van der Waals surface area contributed by atoms with E-state index >= 15 is 0 Å². The molecule has 0 radical (unpaired) electrons. The number of amides is 1. The molecular formula is C11H15NO5. The van der Waals surface area contributed by atoms with Gasteiger partial charge in [0, 0.05) is 0 Å². The summed E-state index contributed by atoms with van der Waals surface area (Å²) in [4.78, 5) is 21.7. The van der Waals surface area contributed by atoms with Crippen molar-refractivity contribution < 1.29 is 23.8 Å². The number of rotatable bonds is 5. The normalized spacial score (nSPS) is 10.3. The fraction of sp³-hybridized carbons (Fsp3) is 0.455. The van der Waals surface area contributed by atoms with Gasteiger partial charge in [0.25, 0.3) is 0 Å². The van der Waals surface area contributed by atoms with E-state index in [9.17, 15) is 9.59 Å². The molecule has 0 bridgehead atoms. The SMILES string of the molecule is CC(C)COC(=O)NCc1ccc(C(=O)O)o1. The third-order valence-corrected chi connectivity index (χ3v) is 1.83. The second-order valence-electron chi connectivity index (χ2n) is 3.92. The van der Waals surface area contributed by atoms with Crippen LogP contribution in [0.15, 0.2) is 16.5 Å². The first-order chi connectivity index (χ1) is 7.99. The average molecular weight is 241 g/mol. The number of carbonyl (C=O) groups is 2. The van der Waals surface area contributed by atoms with E-state index in [2.05, 4.69) is 5.32 Å². The van der Waals surface area contributed by atoms with E-state index in [1.165, 1.54) is 12.1 Å². The minimum atomic E-state index is -1.14. The van der Waals surface area contributed by atoms with Crippen LogP contribution in [0.2, 0.25) is 0 Å².